The average Bonchev–Trinajstić information content (AvgIpc) is 2.74. The molecule has 1 saturated heterocycles. The molecule has 0 bridgehead atoms. The van der Waals surface area contributed by atoms with E-state index in [2.05, 4.69) is 35.5 Å². The molecule has 2 heterocycles. The van der Waals surface area contributed by atoms with Crippen LogP contribution in [0.2, 0.25) is 0 Å². The molecule has 1 fully saturated rings. The Labute approximate surface area is 121 Å². The minimum absolute atomic E-state index is 0.659. The lowest BCUT2D eigenvalue weighted by Gasteiger charge is -2.36. The maximum Gasteiger partial charge on any atom is 0.0359 e. The lowest BCUT2D eigenvalue weighted by atomic mass is 9.92. The maximum absolute atomic E-state index is 3.73. The van der Waals surface area contributed by atoms with Crippen LogP contribution < -0.4 is 5.32 Å². The molecule has 3 heteroatoms. The van der Waals surface area contributed by atoms with Crippen LogP contribution in [-0.2, 0) is 6.42 Å². The van der Waals surface area contributed by atoms with Crippen molar-refractivity contribution in [2.24, 2.45) is 5.92 Å². The fourth-order valence-corrected chi connectivity index (χ4v) is 4.53. The highest BCUT2D eigenvalue weighted by molar-refractivity contribution is 7.10. The monoisotopic (exact) mass is 278 g/mol. The summed E-state index contributed by atoms with van der Waals surface area (Å²) < 4.78 is 0. The topological polar surface area (TPSA) is 15.3 Å². The Morgan fingerprint density at radius 3 is 3.11 bits per heavy atom. The van der Waals surface area contributed by atoms with E-state index < -0.39 is 0 Å². The molecule has 1 N–H and O–H groups in total. The molecule has 2 nitrogen and oxygen atoms in total. The molecule has 2 atom stereocenters. The first-order valence-corrected chi connectivity index (χ1v) is 8.67. The quantitative estimate of drug-likeness (QED) is 0.891. The number of hydrogen-bond acceptors (Lipinski definition) is 3. The smallest absolute Gasteiger partial charge is 0.0359 e. The second kappa shape index (κ2) is 5.94. The molecule has 0 amide bonds. The van der Waals surface area contributed by atoms with E-state index in [1.165, 1.54) is 45.3 Å². The Balaban J connectivity index is 1.78. The summed E-state index contributed by atoms with van der Waals surface area (Å²) >= 11 is 1.96. The normalized spacial score (nSPS) is 29.2. The molecule has 0 radical (unpaired) electrons. The van der Waals surface area contributed by atoms with Gasteiger partial charge in [-0.3, -0.25) is 4.90 Å². The van der Waals surface area contributed by atoms with Crippen molar-refractivity contribution in [2.45, 2.75) is 51.6 Å². The van der Waals surface area contributed by atoms with Gasteiger partial charge in [0.15, 0.2) is 0 Å². The van der Waals surface area contributed by atoms with Gasteiger partial charge in [0.1, 0.15) is 0 Å². The molecule has 0 aromatic carbocycles. The number of rotatable bonds is 2. The minimum atomic E-state index is 0.659. The Morgan fingerprint density at radius 2 is 2.26 bits per heavy atom. The Kier molecular flexibility index (Phi) is 4.25. The highest BCUT2D eigenvalue weighted by Crippen LogP contribution is 2.37. The van der Waals surface area contributed by atoms with Gasteiger partial charge in [-0.2, -0.15) is 0 Å². The first kappa shape index (κ1) is 13.6. The van der Waals surface area contributed by atoms with E-state index in [0.29, 0.717) is 12.1 Å². The summed E-state index contributed by atoms with van der Waals surface area (Å²) in [5.74, 6) is 0.728. The fraction of sp³-hybridized carbons (Fsp3) is 0.750. The van der Waals surface area contributed by atoms with Crippen molar-refractivity contribution < 1.29 is 0 Å². The molecular formula is C16H26N2S. The van der Waals surface area contributed by atoms with Gasteiger partial charge in [0.05, 0.1) is 0 Å². The number of thiophene rings is 1. The van der Waals surface area contributed by atoms with Crippen LogP contribution in [0.5, 0.6) is 0 Å². The van der Waals surface area contributed by atoms with Crippen molar-refractivity contribution in [2.75, 3.05) is 19.6 Å². The fourth-order valence-electron chi connectivity index (χ4n) is 3.55. The largest absolute Gasteiger partial charge is 0.312 e. The van der Waals surface area contributed by atoms with Gasteiger partial charge in [-0.1, -0.05) is 13.8 Å². The van der Waals surface area contributed by atoms with Gasteiger partial charge in [-0.25, -0.2) is 0 Å². The maximum atomic E-state index is 3.73. The van der Waals surface area contributed by atoms with Gasteiger partial charge in [0, 0.05) is 30.1 Å². The van der Waals surface area contributed by atoms with E-state index >= 15 is 0 Å². The van der Waals surface area contributed by atoms with Crippen molar-refractivity contribution in [1.29, 1.82) is 0 Å². The van der Waals surface area contributed by atoms with Gasteiger partial charge >= 0.3 is 0 Å². The Bertz CT molecular complexity index is 413. The van der Waals surface area contributed by atoms with Gasteiger partial charge in [0.25, 0.3) is 0 Å². The summed E-state index contributed by atoms with van der Waals surface area (Å²) in [6, 6.07) is 3.73. The molecule has 1 aliphatic heterocycles. The summed E-state index contributed by atoms with van der Waals surface area (Å²) in [5, 5.41) is 6.02. The summed E-state index contributed by atoms with van der Waals surface area (Å²) in [6.45, 7) is 8.35. The van der Waals surface area contributed by atoms with Crippen LogP contribution >= 0.6 is 11.3 Å². The van der Waals surface area contributed by atoms with Crippen LogP contribution in [0.1, 0.15) is 49.6 Å². The summed E-state index contributed by atoms with van der Waals surface area (Å²) in [6.07, 6.45) is 5.32. The zero-order chi connectivity index (χ0) is 13.2. The average molecular weight is 278 g/mol. The molecule has 2 aliphatic rings. The van der Waals surface area contributed by atoms with Crippen molar-refractivity contribution in [3.63, 3.8) is 0 Å². The van der Waals surface area contributed by atoms with Crippen molar-refractivity contribution in [3.05, 3.63) is 21.9 Å². The number of hydrogen-bond donors (Lipinski definition) is 1. The van der Waals surface area contributed by atoms with Gasteiger partial charge in [-0.05, 0) is 55.2 Å². The molecule has 1 aromatic heterocycles. The standard InChI is InChI=1S/C16H26N2S/c1-12(2)14-11-18(9-4-8-17-14)15-5-3-6-16-13(15)7-10-19-16/h7,10,12,14-15,17H,3-6,8-9,11H2,1-2H3. The molecule has 1 aromatic rings. The van der Waals surface area contributed by atoms with Crippen LogP contribution in [0.4, 0.5) is 0 Å². The van der Waals surface area contributed by atoms with Crippen LogP contribution in [0.3, 0.4) is 0 Å². The van der Waals surface area contributed by atoms with Crippen molar-refractivity contribution in [1.82, 2.24) is 10.2 Å². The third-order valence-electron chi connectivity index (χ3n) is 4.73. The van der Waals surface area contributed by atoms with Gasteiger partial charge in [-0.15, -0.1) is 11.3 Å². The number of nitrogens with zero attached hydrogens (tertiary/aromatic N) is 1. The third-order valence-corrected chi connectivity index (χ3v) is 5.72. The lowest BCUT2D eigenvalue weighted by molar-refractivity contribution is 0.165. The van der Waals surface area contributed by atoms with Crippen molar-refractivity contribution in [3.8, 4) is 0 Å². The second-order valence-corrected chi connectivity index (χ2v) is 7.36. The Hall–Kier alpha value is -0.380. The predicted octanol–water partition coefficient (Wildman–Crippen LogP) is 3.45. The SMILES string of the molecule is CC(C)C1CN(C2CCCc3sccc32)CCCN1. The van der Waals surface area contributed by atoms with E-state index in [1.54, 1.807) is 10.4 Å². The van der Waals surface area contributed by atoms with Crippen molar-refractivity contribution >= 4 is 11.3 Å². The molecule has 1 aliphatic carbocycles. The summed E-state index contributed by atoms with van der Waals surface area (Å²) in [7, 11) is 0. The van der Waals surface area contributed by atoms with Crippen LogP contribution in [0, 0.1) is 5.92 Å². The summed E-state index contributed by atoms with van der Waals surface area (Å²) in [4.78, 5) is 4.41. The van der Waals surface area contributed by atoms with E-state index in [1.807, 2.05) is 11.3 Å². The zero-order valence-electron chi connectivity index (χ0n) is 12.2. The Morgan fingerprint density at radius 1 is 1.37 bits per heavy atom. The molecular weight excluding hydrogens is 252 g/mol. The molecule has 2 unspecified atom stereocenters. The predicted molar refractivity (Wildman–Crippen MR) is 82.8 cm³/mol. The second-order valence-electron chi connectivity index (χ2n) is 6.36. The van der Waals surface area contributed by atoms with Crippen LogP contribution in [0.15, 0.2) is 11.4 Å². The van der Waals surface area contributed by atoms with E-state index in [4.69, 9.17) is 0 Å². The number of fused-ring (bicyclic) bond motifs is 1. The van der Waals surface area contributed by atoms with E-state index in [9.17, 15) is 0 Å². The molecule has 3 rings (SSSR count). The van der Waals surface area contributed by atoms with Crippen LogP contribution in [-0.4, -0.2) is 30.6 Å². The van der Waals surface area contributed by atoms with Gasteiger partial charge < -0.3 is 5.32 Å². The highest BCUT2D eigenvalue weighted by Gasteiger charge is 2.30. The summed E-state index contributed by atoms with van der Waals surface area (Å²) in [5.41, 5.74) is 1.64. The molecule has 0 spiro atoms. The molecule has 106 valence electrons. The van der Waals surface area contributed by atoms with E-state index in [-0.39, 0.29) is 0 Å². The third kappa shape index (κ3) is 2.88. The van der Waals surface area contributed by atoms with E-state index in [0.717, 1.165) is 5.92 Å². The lowest BCUT2D eigenvalue weighted by Crippen LogP contribution is -2.42. The zero-order valence-corrected chi connectivity index (χ0v) is 13.0. The van der Waals surface area contributed by atoms with Gasteiger partial charge in [0.2, 0.25) is 0 Å². The number of aryl methyl sites for hydroxylation is 1. The number of nitrogens with one attached hydrogen (secondary N) is 1. The molecule has 0 saturated carbocycles. The molecule has 19 heavy (non-hydrogen) atoms. The first-order valence-electron chi connectivity index (χ1n) is 7.79. The highest BCUT2D eigenvalue weighted by atomic mass is 32.1. The minimum Gasteiger partial charge on any atom is -0.312 e. The first-order chi connectivity index (χ1) is 9.25. The van der Waals surface area contributed by atoms with Crippen LogP contribution in [0.25, 0.3) is 0 Å².